The molecule has 1 aromatic carbocycles. The van der Waals surface area contributed by atoms with E-state index in [4.69, 9.17) is 11.5 Å². The molecule has 33 heavy (non-hydrogen) atoms. The van der Waals surface area contributed by atoms with Crippen molar-refractivity contribution >= 4 is 34.9 Å². The molecule has 0 aromatic heterocycles. The van der Waals surface area contributed by atoms with Crippen molar-refractivity contribution in [2.24, 2.45) is 35.1 Å². The Morgan fingerprint density at radius 1 is 1.09 bits per heavy atom. The number of rotatable bonds is 3. The molecular formula is C22H23N3O8. The molecule has 0 radical (unpaired) electrons. The summed E-state index contributed by atoms with van der Waals surface area (Å²) in [6.07, 6.45) is -0.115. The lowest BCUT2D eigenvalue weighted by atomic mass is 9.52. The Hall–Kier alpha value is -3.44. The Bertz CT molecular complexity index is 1160. The van der Waals surface area contributed by atoms with Crippen molar-refractivity contribution in [3.05, 3.63) is 28.8 Å². The van der Waals surface area contributed by atoms with Crippen molar-refractivity contribution in [3.63, 3.8) is 0 Å². The first kappa shape index (κ1) is 22.7. The number of fused-ring (bicyclic) bond motifs is 3. The maximum absolute atomic E-state index is 13.6. The van der Waals surface area contributed by atoms with Crippen LogP contribution in [-0.4, -0.2) is 75.8 Å². The van der Waals surface area contributed by atoms with Gasteiger partial charge >= 0.3 is 0 Å². The fourth-order valence-electron chi connectivity index (χ4n) is 5.84. The lowest BCUT2D eigenvalue weighted by molar-refractivity contribution is -0.181. The molecular weight excluding hydrogens is 434 g/mol. The highest BCUT2D eigenvalue weighted by Crippen LogP contribution is 2.50. The van der Waals surface area contributed by atoms with Crippen LogP contribution in [0.25, 0.3) is 0 Å². The Labute approximate surface area is 187 Å². The molecule has 0 aliphatic heterocycles. The highest BCUT2D eigenvalue weighted by molar-refractivity contribution is 6.32. The Morgan fingerprint density at radius 2 is 1.73 bits per heavy atom. The topological polar surface area (TPSA) is 198 Å². The number of phenols is 1. The zero-order valence-corrected chi connectivity index (χ0v) is 17.9. The summed E-state index contributed by atoms with van der Waals surface area (Å²) < 4.78 is 0. The fraction of sp³-hybridized carbons (Fsp3) is 0.455. The van der Waals surface area contributed by atoms with Gasteiger partial charge in [-0.3, -0.25) is 33.7 Å². The van der Waals surface area contributed by atoms with Gasteiger partial charge in [-0.2, -0.15) is 0 Å². The van der Waals surface area contributed by atoms with Crippen LogP contribution < -0.4 is 11.5 Å². The van der Waals surface area contributed by atoms with Crippen molar-refractivity contribution in [1.82, 2.24) is 4.90 Å². The van der Waals surface area contributed by atoms with E-state index in [1.54, 1.807) is 0 Å². The molecule has 6 atom stereocenters. The van der Waals surface area contributed by atoms with Gasteiger partial charge in [-0.05, 0) is 50.6 Å². The second kappa shape index (κ2) is 7.29. The zero-order valence-electron chi connectivity index (χ0n) is 17.9. The molecule has 3 aliphatic rings. The van der Waals surface area contributed by atoms with E-state index < -0.39 is 76.0 Å². The van der Waals surface area contributed by atoms with Gasteiger partial charge in [0.15, 0.2) is 34.7 Å². The lowest BCUT2D eigenvalue weighted by Crippen LogP contribution is -2.74. The van der Waals surface area contributed by atoms with Crippen LogP contribution >= 0.6 is 0 Å². The number of aliphatic hydroxyl groups is 1. The summed E-state index contributed by atoms with van der Waals surface area (Å²) in [5.74, 6) is -12.3. The maximum Gasteiger partial charge on any atom is 0.249 e. The van der Waals surface area contributed by atoms with E-state index in [-0.39, 0.29) is 29.5 Å². The number of nitrogens with two attached hydrogens (primary N) is 2. The minimum Gasteiger partial charge on any atom is -0.507 e. The molecule has 2 fully saturated rings. The van der Waals surface area contributed by atoms with Gasteiger partial charge in [0.05, 0.1) is 17.5 Å². The Balaban J connectivity index is 1.90. The highest BCUT2D eigenvalue weighted by atomic mass is 16.3. The van der Waals surface area contributed by atoms with Gasteiger partial charge < -0.3 is 21.7 Å². The molecule has 0 spiro atoms. The standard InChI is InChI=1S/C22H23N3O8/c1-25(2)15-10-6-7-5-9-8(20(23)31)3-4-11(26)13(9)16(27)12(7)18(29)22(10,33)19(30)14(17(15)28)21(24)32/h3-4,7,10,12,14-15,26,33H,5-6H2,1-2H3,(H2,23,31)(H2,24,32)/t7-,10-,12?,14?,15-,22-/m1/s1. The third-order valence-corrected chi connectivity index (χ3v) is 7.21. The summed E-state index contributed by atoms with van der Waals surface area (Å²) >= 11 is 0. The quantitative estimate of drug-likeness (QED) is 0.369. The van der Waals surface area contributed by atoms with Gasteiger partial charge in [0.2, 0.25) is 11.8 Å². The number of Topliss-reactive ketones (excluding diaryl/α,β-unsaturated/α-hetero) is 4. The first-order valence-corrected chi connectivity index (χ1v) is 10.3. The normalized spacial score (nSPS) is 33.4. The molecule has 0 bridgehead atoms. The number of aromatic hydroxyl groups is 1. The largest absolute Gasteiger partial charge is 0.507 e. The molecule has 174 valence electrons. The minimum absolute atomic E-state index is 0.0108. The van der Waals surface area contributed by atoms with E-state index in [1.165, 1.54) is 25.1 Å². The molecule has 11 nitrogen and oxygen atoms in total. The summed E-state index contributed by atoms with van der Waals surface area (Å²) in [4.78, 5) is 78.2. The second-order valence-corrected chi connectivity index (χ2v) is 9.14. The van der Waals surface area contributed by atoms with Crippen LogP contribution in [0.1, 0.15) is 32.7 Å². The first-order chi connectivity index (χ1) is 15.3. The fourth-order valence-corrected chi connectivity index (χ4v) is 5.84. The van der Waals surface area contributed by atoms with E-state index in [0.29, 0.717) is 0 Å². The molecule has 6 N–H and O–H groups in total. The molecule has 4 rings (SSSR count). The molecule has 2 amide bonds. The number of hydrogen-bond donors (Lipinski definition) is 4. The number of benzene rings is 1. The monoisotopic (exact) mass is 457 g/mol. The van der Waals surface area contributed by atoms with Crippen LogP contribution in [-0.2, 0) is 25.6 Å². The number of likely N-dealkylation sites (N-methyl/N-ethyl adjacent to an activating group) is 1. The van der Waals surface area contributed by atoms with Crippen molar-refractivity contribution < 1.29 is 39.0 Å². The predicted molar refractivity (Wildman–Crippen MR) is 110 cm³/mol. The van der Waals surface area contributed by atoms with Crippen molar-refractivity contribution in [3.8, 4) is 5.75 Å². The molecule has 0 heterocycles. The molecule has 0 saturated heterocycles. The number of hydrogen-bond acceptors (Lipinski definition) is 9. The third kappa shape index (κ3) is 2.89. The average molecular weight is 457 g/mol. The minimum atomic E-state index is -2.78. The van der Waals surface area contributed by atoms with Gasteiger partial charge in [-0.25, -0.2) is 0 Å². The zero-order chi connectivity index (χ0) is 24.6. The van der Waals surface area contributed by atoms with Crippen molar-refractivity contribution in [1.29, 1.82) is 0 Å². The lowest BCUT2D eigenvalue weighted by Gasteiger charge is -2.52. The van der Waals surface area contributed by atoms with Crippen molar-refractivity contribution in [2.75, 3.05) is 14.1 Å². The van der Waals surface area contributed by atoms with Crippen molar-refractivity contribution in [2.45, 2.75) is 24.5 Å². The second-order valence-electron chi connectivity index (χ2n) is 9.14. The van der Waals surface area contributed by atoms with E-state index >= 15 is 0 Å². The Morgan fingerprint density at radius 3 is 2.27 bits per heavy atom. The smallest absolute Gasteiger partial charge is 0.249 e. The number of carbonyl (C=O) groups is 6. The molecule has 11 heteroatoms. The van der Waals surface area contributed by atoms with E-state index in [1.807, 2.05) is 0 Å². The van der Waals surface area contributed by atoms with Gasteiger partial charge in [-0.15, -0.1) is 0 Å². The maximum atomic E-state index is 13.6. The number of primary amides is 2. The number of nitrogens with zero attached hydrogens (tertiary/aromatic N) is 1. The van der Waals surface area contributed by atoms with Crippen LogP contribution in [0.4, 0.5) is 0 Å². The van der Waals surface area contributed by atoms with E-state index in [9.17, 15) is 39.0 Å². The van der Waals surface area contributed by atoms with Gasteiger partial charge in [0, 0.05) is 11.5 Å². The van der Waals surface area contributed by atoms with Crippen LogP contribution in [0.15, 0.2) is 12.1 Å². The van der Waals surface area contributed by atoms with Crippen LogP contribution in [0.3, 0.4) is 0 Å². The summed E-state index contributed by atoms with van der Waals surface area (Å²) in [5.41, 5.74) is 7.82. The summed E-state index contributed by atoms with van der Waals surface area (Å²) in [5, 5.41) is 21.7. The molecule has 2 unspecified atom stereocenters. The number of amides is 2. The van der Waals surface area contributed by atoms with Gasteiger partial charge in [0.1, 0.15) is 5.75 Å². The molecule has 3 aliphatic carbocycles. The first-order valence-electron chi connectivity index (χ1n) is 10.3. The van der Waals surface area contributed by atoms with Gasteiger partial charge in [0.25, 0.3) is 0 Å². The summed E-state index contributed by atoms with van der Waals surface area (Å²) in [6.45, 7) is 0. The van der Waals surface area contributed by atoms with E-state index in [0.717, 1.165) is 6.07 Å². The third-order valence-electron chi connectivity index (χ3n) is 7.21. The Kier molecular flexibility index (Phi) is 5.02. The van der Waals surface area contributed by atoms with E-state index in [2.05, 4.69) is 0 Å². The number of phenolic OH excluding ortho intramolecular Hbond substituents is 1. The van der Waals surface area contributed by atoms with Crippen LogP contribution in [0, 0.1) is 23.7 Å². The summed E-state index contributed by atoms with van der Waals surface area (Å²) in [7, 11) is 3.00. The SMILES string of the molecule is CN(C)[C@H]1C(=O)C(C(N)=O)C(=O)[C@]2(O)C(=O)C3C(=O)c4c(O)ccc(C(N)=O)c4C[C@@H]3C[C@H]12. The number of ketones is 4. The predicted octanol–water partition coefficient (Wildman–Crippen LogP) is -2.03. The molecule has 2 saturated carbocycles. The average Bonchev–Trinajstić information content (AvgIpc) is 2.70. The van der Waals surface area contributed by atoms with Crippen LogP contribution in [0.2, 0.25) is 0 Å². The summed E-state index contributed by atoms with van der Waals surface area (Å²) in [6, 6.07) is 1.20. The van der Waals surface area contributed by atoms with Crippen LogP contribution in [0.5, 0.6) is 5.75 Å². The van der Waals surface area contributed by atoms with Gasteiger partial charge in [-0.1, -0.05) is 0 Å². The molecule has 1 aromatic rings. The highest BCUT2D eigenvalue weighted by Gasteiger charge is 2.69. The number of carbonyl (C=O) groups excluding carboxylic acids is 6.